The standard InChI is InChI=1S/C12H9ClFN3OS/c13-12-16-5-7(19-12)4-15-10-3-9-6(1-8(10)14)2-11(18)17-9/h1,3,5,15H,2,4H2,(H,17,18). The Kier molecular flexibility index (Phi) is 3.12. The topological polar surface area (TPSA) is 54.0 Å². The summed E-state index contributed by atoms with van der Waals surface area (Å²) in [4.78, 5) is 16.1. The molecule has 0 aliphatic carbocycles. The number of nitrogens with zero attached hydrogens (tertiary/aromatic N) is 1. The molecule has 1 aromatic carbocycles. The summed E-state index contributed by atoms with van der Waals surface area (Å²) in [6.45, 7) is 0.439. The Morgan fingerprint density at radius 3 is 3.11 bits per heavy atom. The van der Waals surface area contributed by atoms with Crippen LogP contribution in [0.5, 0.6) is 0 Å². The highest BCUT2D eigenvalue weighted by atomic mass is 35.5. The van der Waals surface area contributed by atoms with Crippen LogP contribution >= 0.6 is 22.9 Å². The number of halogens is 2. The molecule has 7 heteroatoms. The molecule has 19 heavy (non-hydrogen) atoms. The molecule has 0 spiro atoms. The van der Waals surface area contributed by atoms with Gasteiger partial charge in [-0.15, -0.1) is 11.3 Å². The molecule has 3 rings (SSSR count). The number of carbonyl (C=O) groups is 1. The second-order valence-corrected chi connectivity index (χ2v) is 5.84. The summed E-state index contributed by atoms with van der Waals surface area (Å²) in [6, 6.07) is 2.99. The van der Waals surface area contributed by atoms with Crippen LogP contribution in [0.15, 0.2) is 18.3 Å². The third kappa shape index (κ3) is 2.54. The molecule has 0 unspecified atom stereocenters. The molecule has 0 atom stereocenters. The zero-order valence-electron chi connectivity index (χ0n) is 9.67. The van der Waals surface area contributed by atoms with Crippen LogP contribution in [-0.2, 0) is 17.8 Å². The minimum Gasteiger partial charge on any atom is -0.378 e. The van der Waals surface area contributed by atoms with Crippen molar-refractivity contribution in [2.24, 2.45) is 0 Å². The predicted molar refractivity (Wildman–Crippen MR) is 73.2 cm³/mol. The lowest BCUT2D eigenvalue weighted by atomic mass is 10.1. The fourth-order valence-electron chi connectivity index (χ4n) is 1.93. The van der Waals surface area contributed by atoms with E-state index < -0.39 is 0 Å². The number of hydrogen-bond donors (Lipinski definition) is 2. The van der Waals surface area contributed by atoms with Gasteiger partial charge in [0.15, 0.2) is 4.47 Å². The first-order chi connectivity index (χ1) is 9.11. The maximum atomic E-state index is 13.8. The third-order valence-electron chi connectivity index (χ3n) is 2.80. The van der Waals surface area contributed by atoms with Gasteiger partial charge in [-0.2, -0.15) is 0 Å². The van der Waals surface area contributed by atoms with Gasteiger partial charge in [0, 0.05) is 16.8 Å². The van der Waals surface area contributed by atoms with Crippen molar-refractivity contribution in [1.29, 1.82) is 0 Å². The second kappa shape index (κ2) is 4.79. The number of benzene rings is 1. The smallest absolute Gasteiger partial charge is 0.228 e. The van der Waals surface area contributed by atoms with E-state index >= 15 is 0 Å². The van der Waals surface area contributed by atoms with Gasteiger partial charge in [0.05, 0.1) is 18.7 Å². The van der Waals surface area contributed by atoms with Crippen LogP contribution < -0.4 is 10.6 Å². The number of nitrogens with one attached hydrogen (secondary N) is 2. The number of amides is 1. The Morgan fingerprint density at radius 1 is 1.53 bits per heavy atom. The number of rotatable bonds is 3. The van der Waals surface area contributed by atoms with E-state index in [0.29, 0.717) is 27.9 Å². The van der Waals surface area contributed by atoms with Crippen molar-refractivity contribution in [3.05, 3.63) is 39.1 Å². The lowest BCUT2D eigenvalue weighted by molar-refractivity contribution is -0.115. The van der Waals surface area contributed by atoms with E-state index in [1.807, 2.05) is 0 Å². The number of thiazole rings is 1. The molecule has 0 saturated heterocycles. The van der Waals surface area contributed by atoms with Crippen LogP contribution in [-0.4, -0.2) is 10.9 Å². The molecule has 1 aliphatic rings. The summed E-state index contributed by atoms with van der Waals surface area (Å²) < 4.78 is 14.3. The Bertz CT molecular complexity index is 658. The van der Waals surface area contributed by atoms with Gasteiger partial charge >= 0.3 is 0 Å². The SMILES string of the molecule is O=C1Cc2cc(F)c(NCc3cnc(Cl)s3)cc2N1. The summed E-state index contributed by atoms with van der Waals surface area (Å²) in [5.41, 5.74) is 1.70. The van der Waals surface area contributed by atoms with E-state index in [2.05, 4.69) is 15.6 Å². The van der Waals surface area contributed by atoms with E-state index in [9.17, 15) is 9.18 Å². The molecule has 2 aromatic rings. The van der Waals surface area contributed by atoms with Crippen molar-refractivity contribution in [1.82, 2.24) is 4.98 Å². The molecule has 1 amide bonds. The van der Waals surface area contributed by atoms with Gasteiger partial charge in [-0.3, -0.25) is 4.79 Å². The minimum absolute atomic E-state index is 0.110. The van der Waals surface area contributed by atoms with Crippen molar-refractivity contribution in [3.63, 3.8) is 0 Å². The maximum absolute atomic E-state index is 13.8. The van der Waals surface area contributed by atoms with E-state index in [4.69, 9.17) is 11.6 Å². The molecule has 2 heterocycles. The van der Waals surface area contributed by atoms with Gasteiger partial charge in [-0.25, -0.2) is 9.37 Å². The lowest BCUT2D eigenvalue weighted by Crippen LogP contribution is -2.04. The summed E-state index contributed by atoms with van der Waals surface area (Å²) >= 11 is 7.06. The normalized spacial score (nSPS) is 13.3. The summed E-state index contributed by atoms with van der Waals surface area (Å²) in [7, 11) is 0. The highest BCUT2D eigenvalue weighted by Crippen LogP contribution is 2.29. The van der Waals surface area contributed by atoms with E-state index in [1.54, 1.807) is 12.3 Å². The number of aromatic nitrogens is 1. The average Bonchev–Trinajstić information content (AvgIpc) is 2.91. The van der Waals surface area contributed by atoms with E-state index in [-0.39, 0.29) is 18.1 Å². The number of anilines is 2. The molecular weight excluding hydrogens is 289 g/mol. The van der Waals surface area contributed by atoms with Crippen molar-refractivity contribution < 1.29 is 9.18 Å². The fourth-order valence-corrected chi connectivity index (χ4v) is 2.85. The Hall–Kier alpha value is -1.66. The molecule has 0 bridgehead atoms. The highest BCUT2D eigenvalue weighted by molar-refractivity contribution is 7.15. The monoisotopic (exact) mass is 297 g/mol. The molecule has 1 aromatic heterocycles. The zero-order chi connectivity index (χ0) is 13.4. The number of hydrogen-bond acceptors (Lipinski definition) is 4. The Balaban J connectivity index is 1.78. The van der Waals surface area contributed by atoms with Gasteiger partial charge in [-0.1, -0.05) is 11.6 Å². The van der Waals surface area contributed by atoms with Crippen molar-refractivity contribution in [2.45, 2.75) is 13.0 Å². The average molecular weight is 298 g/mol. The van der Waals surface area contributed by atoms with Crippen LogP contribution in [0.4, 0.5) is 15.8 Å². The third-order valence-corrected chi connectivity index (χ3v) is 3.91. The minimum atomic E-state index is -0.370. The van der Waals surface area contributed by atoms with Gasteiger partial charge in [0.1, 0.15) is 5.82 Å². The zero-order valence-corrected chi connectivity index (χ0v) is 11.2. The first-order valence-corrected chi connectivity index (χ1v) is 6.77. The van der Waals surface area contributed by atoms with E-state index in [0.717, 1.165) is 4.88 Å². The number of carbonyl (C=O) groups excluding carboxylic acids is 1. The van der Waals surface area contributed by atoms with Crippen molar-refractivity contribution in [3.8, 4) is 0 Å². The molecule has 0 fully saturated rings. The second-order valence-electron chi connectivity index (χ2n) is 4.15. The Morgan fingerprint density at radius 2 is 2.37 bits per heavy atom. The first kappa shape index (κ1) is 12.4. The quantitative estimate of drug-likeness (QED) is 0.915. The maximum Gasteiger partial charge on any atom is 0.228 e. The fraction of sp³-hybridized carbons (Fsp3) is 0.167. The van der Waals surface area contributed by atoms with E-state index in [1.165, 1.54) is 17.4 Å². The molecule has 1 aliphatic heterocycles. The van der Waals surface area contributed by atoms with Crippen LogP contribution in [0.1, 0.15) is 10.4 Å². The van der Waals surface area contributed by atoms with Crippen LogP contribution in [0.2, 0.25) is 4.47 Å². The van der Waals surface area contributed by atoms with Crippen LogP contribution in [0, 0.1) is 5.82 Å². The molecule has 98 valence electrons. The molecule has 2 N–H and O–H groups in total. The van der Waals surface area contributed by atoms with Crippen LogP contribution in [0.25, 0.3) is 0 Å². The van der Waals surface area contributed by atoms with Crippen molar-refractivity contribution in [2.75, 3.05) is 10.6 Å². The largest absolute Gasteiger partial charge is 0.378 e. The molecule has 4 nitrogen and oxygen atoms in total. The summed E-state index contributed by atoms with van der Waals surface area (Å²) in [5, 5.41) is 5.66. The Labute approximate surface area is 117 Å². The van der Waals surface area contributed by atoms with Crippen LogP contribution in [0.3, 0.4) is 0 Å². The van der Waals surface area contributed by atoms with Crippen molar-refractivity contribution >= 4 is 40.2 Å². The van der Waals surface area contributed by atoms with Gasteiger partial charge in [0.25, 0.3) is 0 Å². The molecular formula is C12H9ClFN3OS. The number of fused-ring (bicyclic) bond motifs is 1. The molecule has 0 saturated carbocycles. The summed E-state index contributed by atoms with van der Waals surface area (Å²) in [5.74, 6) is -0.480. The summed E-state index contributed by atoms with van der Waals surface area (Å²) in [6.07, 6.45) is 1.88. The lowest BCUT2D eigenvalue weighted by Gasteiger charge is -2.08. The first-order valence-electron chi connectivity index (χ1n) is 5.58. The highest BCUT2D eigenvalue weighted by Gasteiger charge is 2.20. The molecule has 0 radical (unpaired) electrons. The van der Waals surface area contributed by atoms with Gasteiger partial charge in [0.2, 0.25) is 5.91 Å². The predicted octanol–water partition coefficient (Wildman–Crippen LogP) is 3.04. The van der Waals surface area contributed by atoms with Gasteiger partial charge < -0.3 is 10.6 Å². The van der Waals surface area contributed by atoms with Gasteiger partial charge in [-0.05, 0) is 17.7 Å².